The number of alkyl halides is 2. The van der Waals surface area contributed by atoms with Gasteiger partial charge in [-0.1, -0.05) is 26.0 Å². The number of aryl methyl sites for hydroxylation is 1. The third-order valence-electron chi connectivity index (χ3n) is 5.38. The Morgan fingerprint density at radius 1 is 1.30 bits per heavy atom. The van der Waals surface area contributed by atoms with E-state index in [1.807, 2.05) is 39.8 Å². The first-order chi connectivity index (χ1) is 12.6. The van der Waals surface area contributed by atoms with E-state index in [2.05, 4.69) is 6.07 Å². The lowest BCUT2D eigenvalue weighted by molar-refractivity contribution is -0.119. The minimum absolute atomic E-state index is 0.0127. The molecule has 6 heteroatoms. The van der Waals surface area contributed by atoms with E-state index in [0.717, 1.165) is 22.3 Å². The topological polar surface area (TPSA) is 76.1 Å². The number of benzene rings is 1. The van der Waals surface area contributed by atoms with Crippen LogP contribution >= 0.6 is 23.2 Å². The molecule has 0 fully saturated rings. The molecule has 142 valence electrons. The minimum atomic E-state index is -0.703. The molecular formula is C21H22Cl2N2O2. The SMILES string of the molecule is Cc1ccc(C2C(C#N)=C(N)OC3=C2C(=O)CC(C)(C)C3)c(C)c1C(Cl)Cl. The predicted molar refractivity (Wildman–Crippen MR) is 106 cm³/mol. The van der Waals surface area contributed by atoms with Gasteiger partial charge in [0.25, 0.3) is 0 Å². The van der Waals surface area contributed by atoms with Crippen LogP contribution in [0.4, 0.5) is 0 Å². The van der Waals surface area contributed by atoms with Crippen molar-refractivity contribution in [3.8, 4) is 6.07 Å². The van der Waals surface area contributed by atoms with Crippen LogP contribution in [0.15, 0.2) is 34.9 Å². The molecular weight excluding hydrogens is 383 g/mol. The van der Waals surface area contributed by atoms with Gasteiger partial charge in [0.05, 0.1) is 5.92 Å². The molecule has 2 N–H and O–H groups in total. The summed E-state index contributed by atoms with van der Waals surface area (Å²) in [5.74, 6) is 0.0456. The van der Waals surface area contributed by atoms with Crippen molar-refractivity contribution in [2.75, 3.05) is 0 Å². The molecule has 0 saturated heterocycles. The third-order valence-corrected chi connectivity index (χ3v) is 5.82. The van der Waals surface area contributed by atoms with E-state index in [9.17, 15) is 10.1 Å². The number of nitrogens with two attached hydrogens (primary N) is 1. The van der Waals surface area contributed by atoms with E-state index >= 15 is 0 Å². The van der Waals surface area contributed by atoms with Crippen molar-refractivity contribution in [2.45, 2.75) is 51.3 Å². The second-order valence-electron chi connectivity index (χ2n) is 8.01. The van der Waals surface area contributed by atoms with Crippen LogP contribution in [0.1, 0.15) is 59.7 Å². The van der Waals surface area contributed by atoms with Crippen molar-refractivity contribution in [1.82, 2.24) is 0 Å². The van der Waals surface area contributed by atoms with E-state index < -0.39 is 10.8 Å². The molecule has 1 aliphatic carbocycles. The van der Waals surface area contributed by atoms with E-state index in [4.69, 9.17) is 33.7 Å². The molecule has 1 aromatic carbocycles. The van der Waals surface area contributed by atoms with Gasteiger partial charge >= 0.3 is 0 Å². The third kappa shape index (κ3) is 3.35. The maximum atomic E-state index is 13.0. The molecule has 2 aliphatic rings. The van der Waals surface area contributed by atoms with Gasteiger partial charge in [-0.3, -0.25) is 4.79 Å². The molecule has 1 atom stereocenters. The number of hydrogen-bond acceptors (Lipinski definition) is 4. The van der Waals surface area contributed by atoms with Crippen molar-refractivity contribution >= 4 is 29.0 Å². The molecule has 1 aliphatic heterocycles. The van der Waals surface area contributed by atoms with Crippen molar-refractivity contribution in [2.24, 2.45) is 11.1 Å². The molecule has 1 heterocycles. The zero-order valence-corrected chi connectivity index (χ0v) is 17.3. The Labute approximate surface area is 169 Å². The molecule has 0 spiro atoms. The Bertz CT molecular complexity index is 936. The molecule has 1 aromatic rings. The average molecular weight is 405 g/mol. The molecule has 0 bridgehead atoms. The van der Waals surface area contributed by atoms with Crippen LogP contribution in [0.3, 0.4) is 0 Å². The molecule has 0 aromatic heterocycles. The number of carbonyl (C=O) groups is 1. The Morgan fingerprint density at radius 2 is 1.96 bits per heavy atom. The van der Waals surface area contributed by atoms with Crippen molar-refractivity contribution in [1.29, 1.82) is 5.26 Å². The number of carbonyl (C=O) groups excluding carboxylic acids is 1. The lowest BCUT2D eigenvalue weighted by atomic mass is 9.69. The molecule has 0 radical (unpaired) electrons. The van der Waals surface area contributed by atoms with Gasteiger partial charge in [-0.05, 0) is 41.5 Å². The monoisotopic (exact) mass is 404 g/mol. The lowest BCUT2D eigenvalue weighted by Gasteiger charge is -2.37. The van der Waals surface area contributed by atoms with E-state index in [1.165, 1.54) is 0 Å². The highest BCUT2D eigenvalue weighted by Gasteiger charge is 2.43. The van der Waals surface area contributed by atoms with Gasteiger partial charge < -0.3 is 10.5 Å². The van der Waals surface area contributed by atoms with Crippen LogP contribution < -0.4 is 5.73 Å². The van der Waals surface area contributed by atoms with Crippen LogP contribution in [0.25, 0.3) is 0 Å². The number of hydrogen-bond donors (Lipinski definition) is 1. The van der Waals surface area contributed by atoms with Gasteiger partial charge in [0.2, 0.25) is 5.88 Å². The molecule has 0 saturated carbocycles. The van der Waals surface area contributed by atoms with E-state index in [-0.39, 0.29) is 22.7 Å². The number of nitrogens with zero attached hydrogens (tertiary/aromatic N) is 1. The minimum Gasteiger partial charge on any atom is -0.444 e. The van der Waals surface area contributed by atoms with Gasteiger partial charge in [0, 0.05) is 18.4 Å². The fraction of sp³-hybridized carbons (Fsp3) is 0.429. The van der Waals surface area contributed by atoms with Crippen LogP contribution in [0.5, 0.6) is 0 Å². The first-order valence-corrected chi connectivity index (χ1v) is 9.66. The molecule has 27 heavy (non-hydrogen) atoms. The summed E-state index contributed by atoms with van der Waals surface area (Å²) < 4.78 is 5.73. The number of Topliss-reactive ketones (excluding diaryl/α,β-unsaturated/α-hetero) is 1. The maximum absolute atomic E-state index is 13.0. The van der Waals surface area contributed by atoms with Gasteiger partial charge in [0.15, 0.2) is 5.78 Å². The quantitative estimate of drug-likeness (QED) is 0.684. The number of ketones is 1. The van der Waals surface area contributed by atoms with Gasteiger partial charge in [-0.25, -0.2) is 0 Å². The standard InChI is InChI=1S/C21H22Cl2N2O2/c1-10-5-6-12(11(2)16(10)19(22)23)17-13(9-24)20(25)27-15-8-21(3,4)7-14(26)18(15)17/h5-6,17,19H,7-8,25H2,1-4H3. The summed E-state index contributed by atoms with van der Waals surface area (Å²) >= 11 is 12.4. The highest BCUT2D eigenvalue weighted by Crippen LogP contribution is 2.49. The molecule has 1 unspecified atom stereocenters. The Morgan fingerprint density at radius 3 is 2.56 bits per heavy atom. The van der Waals surface area contributed by atoms with Crippen molar-refractivity contribution in [3.05, 3.63) is 57.2 Å². The zero-order chi connectivity index (χ0) is 20.1. The fourth-order valence-corrected chi connectivity index (χ4v) is 4.80. The Balaban J connectivity index is 2.27. The Hall–Kier alpha value is -1.96. The van der Waals surface area contributed by atoms with Gasteiger partial charge in [-0.15, -0.1) is 23.2 Å². The summed E-state index contributed by atoms with van der Waals surface area (Å²) in [5, 5.41) is 9.74. The first kappa shape index (κ1) is 19.8. The summed E-state index contributed by atoms with van der Waals surface area (Å²) in [5.41, 5.74) is 10.1. The van der Waals surface area contributed by atoms with Gasteiger partial charge in [-0.2, -0.15) is 5.26 Å². The predicted octanol–water partition coefficient (Wildman–Crippen LogP) is 5.23. The number of halogens is 2. The van der Waals surface area contributed by atoms with Crippen molar-refractivity contribution in [3.63, 3.8) is 0 Å². The molecule has 3 rings (SSSR count). The summed E-state index contributed by atoms with van der Waals surface area (Å²) in [6.45, 7) is 7.89. The number of ether oxygens (including phenoxy) is 1. The fourth-order valence-electron chi connectivity index (χ4n) is 4.13. The Kier molecular flexibility index (Phi) is 5.05. The highest BCUT2D eigenvalue weighted by atomic mass is 35.5. The lowest BCUT2D eigenvalue weighted by Crippen LogP contribution is -2.33. The normalized spacial score (nSPS) is 21.9. The van der Waals surface area contributed by atoms with E-state index in [1.54, 1.807) is 0 Å². The summed E-state index contributed by atoms with van der Waals surface area (Å²) in [6, 6.07) is 5.97. The molecule has 0 amide bonds. The molecule has 4 nitrogen and oxygen atoms in total. The highest BCUT2D eigenvalue weighted by molar-refractivity contribution is 6.44. The number of nitriles is 1. The summed E-state index contributed by atoms with van der Waals surface area (Å²) in [4.78, 5) is 12.3. The second kappa shape index (κ2) is 6.89. The van der Waals surface area contributed by atoms with Crippen LogP contribution in [0, 0.1) is 30.6 Å². The van der Waals surface area contributed by atoms with Gasteiger partial charge in [0.1, 0.15) is 22.2 Å². The zero-order valence-electron chi connectivity index (χ0n) is 15.8. The van der Waals surface area contributed by atoms with Crippen molar-refractivity contribution < 1.29 is 9.53 Å². The first-order valence-electron chi connectivity index (χ1n) is 8.79. The maximum Gasteiger partial charge on any atom is 0.205 e. The van der Waals surface area contributed by atoms with Crippen LogP contribution in [0.2, 0.25) is 0 Å². The smallest absolute Gasteiger partial charge is 0.205 e. The largest absolute Gasteiger partial charge is 0.444 e. The summed E-state index contributed by atoms with van der Waals surface area (Å²) in [7, 11) is 0. The van der Waals surface area contributed by atoms with Crippen LogP contribution in [-0.4, -0.2) is 5.78 Å². The average Bonchev–Trinajstić information content (AvgIpc) is 2.52. The van der Waals surface area contributed by atoms with E-state index in [0.29, 0.717) is 24.2 Å². The van der Waals surface area contributed by atoms with Crippen LogP contribution in [-0.2, 0) is 9.53 Å². The number of rotatable bonds is 2. The second-order valence-corrected chi connectivity index (χ2v) is 9.11. The number of allylic oxidation sites excluding steroid dienone is 3. The summed E-state index contributed by atoms with van der Waals surface area (Å²) in [6.07, 6.45) is 0.991.